The average Bonchev–Trinajstić information content (AvgIpc) is 2.68. The van der Waals surface area contributed by atoms with Crippen molar-refractivity contribution in [3.8, 4) is 11.5 Å². The number of esters is 1. The van der Waals surface area contributed by atoms with Crippen LogP contribution in [-0.2, 0) is 29.1 Å². The molecular formula is C20H21ClFNO4. The van der Waals surface area contributed by atoms with Gasteiger partial charge in [-0.15, -0.1) is 0 Å². The second-order valence-corrected chi connectivity index (χ2v) is 6.57. The zero-order valence-electron chi connectivity index (χ0n) is 15.2. The second-order valence-electron chi connectivity index (χ2n) is 6.16. The zero-order valence-corrected chi connectivity index (χ0v) is 15.9. The molecule has 0 saturated heterocycles. The number of carbonyl (C=O) groups is 1. The maximum atomic E-state index is 13.7. The van der Waals surface area contributed by atoms with Gasteiger partial charge in [0.05, 0.1) is 18.7 Å². The molecule has 1 heterocycles. The molecule has 0 amide bonds. The highest BCUT2D eigenvalue weighted by molar-refractivity contribution is 6.30. The molecule has 1 N–H and O–H groups in total. The summed E-state index contributed by atoms with van der Waals surface area (Å²) in [6.45, 7) is 2.78. The van der Waals surface area contributed by atoms with Crippen molar-refractivity contribution in [1.82, 2.24) is 5.32 Å². The van der Waals surface area contributed by atoms with Gasteiger partial charge in [-0.1, -0.05) is 23.7 Å². The summed E-state index contributed by atoms with van der Waals surface area (Å²) in [5.41, 5.74) is 2.56. The first-order valence-electron chi connectivity index (χ1n) is 8.69. The molecule has 27 heavy (non-hydrogen) atoms. The van der Waals surface area contributed by atoms with E-state index in [-0.39, 0.29) is 17.6 Å². The van der Waals surface area contributed by atoms with Gasteiger partial charge >= 0.3 is 5.97 Å². The molecule has 0 spiro atoms. The Balaban J connectivity index is 1.85. The normalized spacial score (nSPS) is 15.8. The Bertz CT molecular complexity index is 843. The fourth-order valence-electron chi connectivity index (χ4n) is 3.06. The number of halogens is 2. The summed E-state index contributed by atoms with van der Waals surface area (Å²) in [4.78, 5) is 12.1. The number of nitrogens with one attached hydrogen (secondary N) is 1. The molecule has 0 fully saturated rings. The molecule has 7 heteroatoms. The quantitative estimate of drug-likeness (QED) is 0.759. The second kappa shape index (κ2) is 8.59. The highest BCUT2D eigenvalue weighted by Crippen LogP contribution is 2.37. The van der Waals surface area contributed by atoms with E-state index >= 15 is 0 Å². The summed E-state index contributed by atoms with van der Waals surface area (Å²) in [6.07, 6.45) is 0.426. The molecule has 0 radical (unpaired) electrons. The van der Waals surface area contributed by atoms with Crippen LogP contribution in [0.4, 0.5) is 4.39 Å². The average molecular weight is 394 g/mol. The Labute approximate surface area is 162 Å². The standard InChI is InChI=1S/C20H21ClFNO4/c1-3-26-20(24)17-9-14-13(10-23-17)5-7-18(25-2)19(14)27-11-12-4-6-15(21)16(22)8-12/h4-8,17,23H,3,9-11H2,1-2H3/t17-/m0/s1. The SMILES string of the molecule is CCOC(=O)[C@@H]1Cc2c(ccc(OC)c2OCc2ccc(Cl)c(F)c2)CN1. The van der Waals surface area contributed by atoms with Gasteiger partial charge in [0.2, 0.25) is 0 Å². The maximum absolute atomic E-state index is 13.7. The molecule has 0 aliphatic carbocycles. The number of methoxy groups -OCH3 is 1. The monoisotopic (exact) mass is 393 g/mol. The van der Waals surface area contributed by atoms with E-state index in [1.165, 1.54) is 12.1 Å². The Morgan fingerprint density at radius 2 is 2.15 bits per heavy atom. The molecule has 2 aromatic carbocycles. The Kier molecular flexibility index (Phi) is 6.19. The highest BCUT2D eigenvalue weighted by Gasteiger charge is 2.29. The van der Waals surface area contributed by atoms with Crippen molar-refractivity contribution < 1.29 is 23.4 Å². The van der Waals surface area contributed by atoms with Gasteiger partial charge in [0.25, 0.3) is 0 Å². The van der Waals surface area contributed by atoms with Gasteiger partial charge in [-0.2, -0.15) is 0 Å². The number of benzene rings is 2. The predicted octanol–water partition coefficient (Wildman–Crippen LogP) is 3.64. The van der Waals surface area contributed by atoms with Crippen LogP contribution < -0.4 is 14.8 Å². The molecule has 3 rings (SSSR count). The smallest absolute Gasteiger partial charge is 0.323 e. The molecule has 144 valence electrons. The topological polar surface area (TPSA) is 56.8 Å². The van der Waals surface area contributed by atoms with Gasteiger partial charge in [0, 0.05) is 18.5 Å². The van der Waals surface area contributed by atoms with Crippen molar-refractivity contribution in [3.05, 3.63) is 57.9 Å². The number of hydrogen-bond donors (Lipinski definition) is 1. The van der Waals surface area contributed by atoms with E-state index in [9.17, 15) is 9.18 Å². The van der Waals surface area contributed by atoms with Crippen molar-refractivity contribution in [3.63, 3.8) is 0 Å². The first kappa shape index (κ1) is 19.5. The minimum atomic E-state index is -0.494. The van der Waals surface area contributed by atoms with Gasteiger partial charge in [0.1, 0.15) is 18.5 Å². The van der Waals surface area contributed by atoms with Crippen LogP contribution in [0.1, 0.15) is 23.6 Å². The van der Waals surface area contributed by atoms with Gasteiger partial charge in [-0.25, -0.2) is 4.39 Å². The van der Waals surface area contributed by atoms with E-state index < -0.39 is 11.9 Å². The molecule has 0 saturated carbocycles. The van der Waals surface area contributed by atoms with Crippen molar-refractivity contribution in [1.29, 1.82) is 0 Å². The van der Waals surface area contributed by atoms with Crippen molar-refractivity contribution in [2.24, 2.45) is 0 Å². The molecule has 1 aliphatic heterocycles. The van der Waals surface area contributed by atoms with Crippen molar-refractivity contribution >= 4 is 17.6 Å². The third-order valence-electron chi connectivity index (χ3n) is 4.43. The van der Waals surface area contributed by atoms with E-state index in [0.29, 0.717) is 36.6 Å². The zero-order chi connectivity index (χ0) is 19.4. The van der Waals surface area contributed by atoms with Gasteiger partial charge in [-0.3, -0.25) is 4.79 Å². The Morgan fingerprint density at radius 3 is 2.85 bits per heavy atom. The molecule has 0 unspecified atom stereocenters. The molecule has 5 nitrogen and oxygen atoms in total. The fourth-order valence-corrected chi connectivity index (χ4v) is 3.18. The third-order valence-corrected chi connectivity index (χ3v) is 4.73. The Hall–Kier alpha value is -2.31. The van der Waals surface area contributed by atoms with Crippen LogP contribution >= 0.6 is 11.6 Å². The van der Waals surface area contributed by atoms with E-state index in [4.69, 9.17) is 25.8 Å². The van der Waals surface area contributed by atoms with E-state index in [1.807, 2.05) is 12.1 Å². The summed E-state index contributed by atoms with van der Waals surface area (Å²) >= 11 is 5.73. The minimum absolute atomic E-state index is 0.0665. The molecule has 0 bridgehead atoms. The van der Waals surface area contributed by atoms with E-state index in [0.717, 1.165) is 11.1 Å². The number of rotatable bonds is 6. The van der Waals surface area contributed by atoms with Gasteiger partial charge in [0.15, 0.2) is 11.5 Å². The summed E-state index contributed by atoms with van der Waals surface area (Å²) in [5.74, 6) is 0.331. The first-order valence-corrected chi connectivity index (χ1v) is 9.06. The van der Waals surface area contributed by atoms with Crippen LogP contribution in [0.3, 0.4) is 0 Å². The Morgan fingerprint density at radius 1 is 1.33 bits per heavy atom. The predicted molar refractivity (Wildman–Crippen MR) is 99.7 cm³/mol. The van der Waals surface area contributed by atoms with E-state index in [2.05, 4.69) is 5.32 Å². The van der Waals surface area contributed by atoms with Crippen LogP contribution in [0.5, 0.6) is 11.5 Å². The largest absolute Gasteiger partial charge is 0.493 e. The molecule has 1 aliphatic rings. The van der Waals surface area contributed by atoms with Crippen LogP contribution in [0.2, 0.25) is 5.02 Å². The third kappa shape index (κ3) is 4.34. The molecular weight excluding hydrogens is 373 g/mol. The summed E-state index contributed by atoms with van der Waals surface area (Å²) in [6, 6.07) is 7.86. The lowest BCUT2D eigenvalue weighted by molar-refractivity contribution is -0.145. The highest BCUT2D eigenvalue weighted by atomic mass is 35.5. The van der Waals surface area contributed by atoms with Crippen LogP contribution in [0, 0.1) is 5.82 Å². The molecule has 1 atom stereocenters. The molecule has 2 aromatic rings. The summed E-state index contributed by atoms with van der Waals surface area (Å²) in [7, 11) is 1.56. The maximum Gasteiger partial charge on any atom is 0.323 e. The molecule has 0 aromatic heterocycles. The van der Waals surface area contributed by atoms with Crippen molar-refractivity contribution in [2.45, 2.75) is 32.5 Å². The van der Waals surface area contributed by atoms with Gasteiger partial charge in [-0.05, 0) is 36.2 Å². The lowest BCUT2D eigenvalue weighted by Gasteiger charge is -2.27. The summed E-state index contributed by atoms with van der Waals surface area (Å²) in [5, 5.41) is 3.24. The number of carbonyl (C=O) groups excluding carboxylic acids is 1. The summed E-state index contributed by atoms with van der Waals surface area (Å²) < 4.78 is 30.2. The number of ether oxygens (including phenoxy) is 3. The minimum Gasteiger partial charge on any atom is -0.493 e. The number of hydrogen-bond acceptors (Lipinski definition) is 5. The number of fused-ring (bicyclic) bond motifs is 1. The lowest BCUT2D eigenvalue weighted by Crippen LogP contribution is -2.42. The van der Waals surface area contributed by atoms with Crippen LogP contribution in [-0.4, -0.2) is 25.7 Å². The van der Waals surface area contributed by atoms with Gasteiger partial charge < -0.3 is 19.5 Å². The van der Waals surface area contributed by atoms with Crippen LogP contribution in [0.15, 0.2) is 30.3 Å². The lowest BCUT2D eigenvalue weighted by atomic mass is 9.94. The van der Waals surface area contributed by atoms with Crippen molar-refractivity contribution in [2.75, 3.05) is 13.7 Å². The van der Waals surface area contributed by atoms with E-state index in [1.54, 1.807) is 20.1 Å². The van der Waals surface area contributed by atoms with Crippen LogP contribution in [0.25, 0.3) is 0 Å². The fraction of sp³-hybridized carbons (Fsp3) is 0.350. The first-order chi connectivity index (χ1) is 13.0.